The number of benzene rings is 1. The van der Waals surface area contributed by atoms with Gasteiger partial charge in [0.05, 0.1) is 6.61 Å². The van der Waals surface area contributed by atoms with Gasteiger partial charge in [-0.3, -0.25) is 4.79 Å². The normalized spacial score (nSPS) is 10.7. The minimum atomic E-state index is -0.161. The van der Waals surface area contributed by atoms with Gasteiger partial charge >= 0.3 is 5.97 Å². The predicted molar refractivity (Wildman–Crippen MR) is 113 cm³/mol. The molecule has 1 aromatic rings. The third-order valence-corrected chi connectivity index (χ3v) is 4.63. The first-order valence-electron chi connectivity index (χ1n) is 10.8. The van der Waals surface area contributed by atoms with E-state index < -0.39 is 0 Å². The van der Waals surface area contributed by atoms with Crippen molar-refractivity contribution < 1.29 is 14.3 Å². The van der Waals surface area contributed by atoms with Gasteiger partial charge in [-0.25, -0.2) is 0 Å². The SMILES string of the molecule is CCCCCCCCCCNc1ccc(CCC(=O)OCCOCC)cc1. The molecule has 0 spiro atoms. The zero-order chi connectivity index (χ0) is 19.6. The van der Waals surface area contributed by atoms with E-state index in [0.717, 1.165) is 17.8 Å². The van der Waals surface area contributed by atoms with Crippen LogP contribution in [-0.4, -0.2) is 32.3 Å². The van der Waals surface area contributed by atoms with E-state index in [4.69, 9.17) is 9.47 Å². The first-order chi connectivity index (χ1) is 13.3. The molecule has 0 unspecified atom stereocenters. The average Bonchev–Trinajstić information content (AvgIpc) is 2.69. The van der Waals surface area contributed by atoms with Gasteiger partial charge in [0.2, 0.25) is 0 Å². The van der Waals surface area contributed by atoms with E-state index in [1.165, 1.54) is 51.4 Å². The van der Waals surface area contributed by atoms with Crippen molar-refractivity contribution in [3.05, 3.63) is 29.8 Å². The molecule has 0 aliphatic rings. The van der Waals surface area contributed by atoms with Crippen LogP contribution in [0.1, 0.15) is 77.2 Å². The third kappa shape index (κ3) is 13.3. The van der Waals surface area contributed by atoms with Crippen molar-refractivity contribution in [1.29, 1.82) is 0 Å². The first-order valence-corrected chi connectivity index (χ1v) is 10.8. The monoisotopic (exact) mass is 377 g/mol. The van der Waals surface area contributed by atoms with Gasteiger partial charge < -0.3 is 14.8 Å². The molecule has 0 bridgehead atoms. The van der Waals surface area contributed by atoms with Gasteiger partial charge in [-0.2, -0.15) is 0 Å². The van der Waals surface area contributed by atoms with Crippen LogP contribution in [0.15, 0.2) is 24.3 Å². The molecule has 0 amide bonds. The molecule has 1 rings (SSSR count). The Morgan fingerprint density at radius 2 is 1.56 bits per heavy atom. The Morgan fingerprint density at radius 3 is 2.22 bits per heavy atom. The number of carbonyl (C=O) groups is 1. The number of unbranched alkanes of at least 4 members (excludes halogenated alkanes) is 7. The molecule has 0 aromatic heterocycles. The topological polar surface area (TPSA) is 47.6 Å². The molecule has 0 atom stereocenters. The summed E-state index contributed by atoms with van der Waals surface area (Å²) in [6.45, 7) is 6.68. The number of hydrogen-bond donors (Lipinski definition) is 1. The lowest BCUT2D eigenvalue weighted by molar-refractivity contribution is -0.145. The quantitative estimate of drug-likeness (QED) is 0.277. The summed E-state index contributed by atoms with van der Waals surface area (Å²) in [7, 11) is 0. The standard InChI is InChI=1S/C23H39NO3/c1-3-5-6-7-8-9-10-11-18-24-22-15-12-21(13-16-22)14-17-23(25)27-20-19-26-4-2/h12-13,15-16,24H,3-11,14,17-20H2,1-2H3. The Balaban J connectivity index is 2.06. The predicted octanol–water partition coefficient (Wildman–Crippen LogP) is 5.75. The van der Waals surface area contributed by atoms with Gasteiger partial charge in [0.25, 0.3) is 0 Å². The molecule has 4 heteroatoms. The molecule has 4 nitrogen and oxygen atoms in total. The summed E-state index contributed by atoms with van der Waals surface area (Å²) < 4.78 is 10.3. The number of hydrogen-bond acceptors (Lipinski definition) is 4. The smallest absolute Gasteiger partial charge is 0.306 e. The fraction of sp³-hybridized carbons (Fsp3) is 0.696. The largest absolute Gasteiger partial charge is 0.463 e. The van der Waals surface area contributed by atoms with Crippen LogP contribution in [0.4, 0.5) is 5.69 Å². The van der Waals surface area contributed by atoms with E-state index in [2.05, 4.69) is 36.5 Å². The molecule has 1 N–H and O–H groups in total. The summed E-state index contributed by atoms with van der Waals surface area (Å²) >= 11 is 0. The second-order valence-corrected chi connectivity index (χ2v) is 7.02. The van der Waals surface area contributed by atoms with Crippen LogP contribution in [0.2, 0.25) is 0 Å². The van der Waals surface area contributed by atoms with Crippen LogP contribution < -0.4 is 5.32 Å². The van der Waals surface area contributed by atoms with Crippen molar-refractivity contribution in [3.63, 3.8) is 0 Å². The van der Waals surface area contributed by atoms with Crippen molar-refractivity contribution >= 4 is 11.7 Å². The van der Waals surface area contributed by atoms with Crippen LogP contribution >= 0.6 is 0 Å². The van der Waals surface area contributed by atoms with Crippen molar-refractivity contribution in [2.24, 2.45) is 0 Å². The summed E-state index contributed by atoms with van der Waals surface area (Å²) in [5.74, 6) is -0.161. The van der Waals surface area contributed by atoms with Crippen molar-refractivity contribution in [2.45, 2.75) is 78.1 Å². The van der Waals surface area contributed by atoms with Crippen LogP contribution in [-0.2, 0) is 20.7 Å². The number of aryl methyl sites for hydroxylation is 1. The number of esters is 1. The number of carbonyl (C=O) groups excluding carboxylic acids is 1. The van der Waals surface area contributed by atoms with E-state index in [1.54, 1.807) is 0 Å². The van der Waals surface area contributed by atoms with Crippen molar-refractivity contribution in [3.8, 4) is 0 Å². The minimum absolute atomic E-state index is 0.161. The van der Waals surface area contributed by atoms with Crippen molar-refractivity contribution in [2.75, 3.05) is 31.7 Å². The Hall–Kier alpha value is -1.55. The Bertz CT molecular complexity index is 473. The van der Waals surface area contributed by atoms with Crippen LogP contribution in [0.3, 0.4) is 0 Å². The molecule has 1 aromatic carbocycles. The van der Waals surface area contributed by atoms with Gasteiger partial charge in [0.15, 0.2) is 0 Å². The molecular formula is C23H39NO3. The molecule has 27 heavy (non-hydrogen) atoms. The Labute approximate surface area is 166 Å². The lowest BCUT2D eigenvalue weighted by Gasteiger charge is -2.08. The number of anilines is 1. The lowest BCUT2D eigenvalue weighted by Crippen LogP contribution is -2.11. The molecule has 0 fully saturated rings. The van der Waals surface area contributed by atoms with Crippen LogP contribution in [0.5, 0.6) is 0 Å². The van der Waals surface area contributed by atoms with E-state index in [0.29, 0.717) is 32.7 Å². The molecule has 0 aliphatic carbocycles. The van der Waals surface area contributed by atoms with Gasteiger partial charge in [-0.15, -0.1) is 0 Å². The minimum Gasteiger partial charge on any atom is -0.463 e. The molecule has 154 valence electrons. The van der Waals surface area contributed by atoms with E-state index in [1.807, 2.05) is 6.92 Å². The third-order valence-electron chi connectivity index (χ3n) is 4.63. The highest BCUT2D eigenvalue weighted by Gasteiger charge is 2.04. The van der Waals surface area contributed by atoms with Gasteiger partial charge in [0.1, 0.15) is 6.61 Å². The molecule has 0 saturated heterocycles. The Kier molecular flexibility index (Phi) is 14.5. The average molecular weight is 378 g/mol. The van der Waals surface area contributed by atoms with Gasteiger partial charge in [0, 0.05) is 25.3 Å². The van der Waals surface area contributed by atoms with Gasteiger partial charge in [-0.1, -0.05) is 64.0 Å². The maximum atomic E-state index is 11.7. The number of nitrogens with one attached hydrogen (secondary N) is 1. The molecule has 0 radical (unpaired) electrons. The highest BCUT2D eigenvalue weighted by Crippen LogP contribution is 2.13. The zero-order valence-corrected chi connectivity index (χ0v) is 17.4. The molecule has 0 heterocycles. The summed E-state index contributed by atoms with van der Waals surface area (Å²) in [5, 5.41) is 3.48. The molecular weight excluding hydrogens is 338 g/mol. The second-order valence-electron chi connectivity index (χ2n) is 7.02. The fourth-order valence-corrected chi connectivity index (χ4v) is 2.96. The highest BCUT2D eigenvalue weighted by atomic mass is 16.6. The fourth-order valence-electron chi connectivity index (χ4n) is 2.96. The maximum Gasteiger partial charge on any atom is 0.306 e. The highest BCUT2D eigenvalue weighted by molar-refractivity contribution is 5.69. The van der Waals surface area contributed by atoms with Crippen molar-refractivity contribution in [1.82, 2.24) is 0 Å². The van der Waals surface area contributed by atoms with Crippen LogP contribution in [0.25, 0.3) is 0 Å². The summed E-state index contributed by atoms with van der Waals surface area (Å²) in [4.78, 5) is 11.7. The molecule has 0 aliphatic heterocycles. The first kappa shape index (κ1) is 23.5. The number of rotatable bonds is 17. The second kappa shape index (κ2) is 16.6. The van der Waals surface area contributed by atoms with Crippen LogP contribution in [0, 0.1) is 0 Å². The lowest BCUT2D eigenvalue weighted by atomic mass is 10.1. The van der Waals surface area contributed by atoms with Gasteiger partial charge in [-0.05, 0) is 37.5 Å². The van der Waals surface area contributed by atoms with E-state index in [-0.39, 0.29) is 5.97 Å². The van der Waals surface area contributed by atoms with E-state index in [9.17, 15) is 4.79 Å². The Morgan fingerprint density at radius 1 is 0.889 bits per heavy atom. The number of ether oxygens (including phenoxy) is 2. The summed E-state index contributed by atoms with van der Waals surface area (Å²) in [6.07, 6.45) is 11.9. The van der Waals surface area contributed by atoms with E-state index >= 15 is 0 Å². The maximum absolute atomic E-state index is 11.7. The summed E-state index contributed by atoms with van der Waals surface area (Å²) in [5.41, 5.74) is 2.32. The summed E-state index contributed by atoms with van der Waals surface area (Å²) in [6, 6.07) is 8.37. The zero-order valence-electron chi connectivity index (χ0n) is 17.4. The molecule has 0 saturated carbocycles.